The second-order valence-corrected chi connectivity index (χ2v) is 12.2. The van der Waals surface area contributed by atoms with Gasteiger partial charge in [-0.05, 0) is 92.9 Å². The molecule has 0 spiro atoms. The van der Waals surface area contributed by atoms with E-state index in [1.54, 1.807) is 0 Å². The van der Waals surface area contributed by atoms with E-state index in [-0.39, 0.29) is 0 Å². The molecule has 0 amide bonds. The van der Waals surface area contributed by atoms with Gasteiger partial charge in [0.1, 0.15) is 5.75 Å². The minimum Gasteiger partial charge on any atom is -0.454 e. The van der Waals surface area contributed by atoms with Gasteiger partial charge in [-0.3, -0.25) is 0 Å². The Labute approximate surface area is 280 Å². The Hall–Kier alpha value is -6.38. The van der Waals surface area contributed by atoms with Crippen LogP contribution in [-0.2, 0) is 0 Å². The third-order valence-corrected chi connectivity index (χ3v) is 9.25. The van der Waals surface area contributed by atoms with Gasteiger partial charge in [-0.15, -0.1) is 0 Å². The highest BCUT2D eigenvalue weighted by Crippen LogP contribution is 2.53. The van der Waals surface area contributed by atoms with Crippen LogP contribution in [0.4, 0.5) is 17.1 Å². The van der Waals surface area contributed by atoms with Crippen LogP contribution in [0.2, 0.25) is 0 Å². The summed E-state index contributed by atoms with van der Waals surface area (Å²) in [5.41, 5.74) is 12.5. The standard InChI is InChI=1S/C46H31NO/c1-4-12-32(13-5-1)35-22-26-39(27-23-35)47(40-28-24-36(25-29-40)33-14-6-2-7-15-33)43-20-11-19-41-42-31-38(34-16-8-3-9-17-34)30-37-18-10-21-44(45(37)42)48-46(41)43/h1-31H. The van der Waals surface area contributed by atoms with Gasteiger partial charge in [0.05, 0.1) is 5.69 Å². The largest absolute Gasteiger partial charge is 0.454 e. The number of benzene rings is 8. The fourth-order valence-corrected chi connectivity index (χ4v) is 6.91. The maximum Gasteiger partial charge on any atom is 0.159 e. The van der Waals surface area contributed by atoms with E-state index in [0.29, 0.717) is 0 Å². The smallest absolute Gasteiger partial charge is 0.159 e. The van der Waals surface area contributed by atoms with Crippen LogP contribution in [0.5, 0.6) is 11.5 Å². The van der Waals surface area contributed by atoms with E-state index in [4.69, 9.17) is 4.74 Å². The Morgan fingerprint density at radius 3 is 1.42 bits per heavy atom. The maximum absolute atomic E-state index is 6.89. The Morgan fingerprint density at radius 2 is 0.854 bits per heavy atom. The van der Waals surface area contributed by atoms with E-state index in [1.807, 2.05) is 0 Å². The number of rotatable bonds is 6. The van der Waals surface area contributed by atoms with Crippen LogP contribution < -0.4 is 9.64 Å². The minimum atomic E-state index is 0.849. The summed E-state index contributed by atoms with van der Waals surface area (Å²) in [6.07, 6.45) is 0. The van der Waals surface area contributed by atoms with Crippen molar-refractivity contribution in [3.63, 3.8) is 0 Å². The van der Waals surface area contributed by atoms with E-state index in [1.165, 1.54) is 44.3 Å². The molecule has 2 heteroatoms. The van der Waals surface area contributed by atoms with Crippen molar-refractivity contribution < 1.29 is 4.74 Å². The van der Waals surface area contributed by atoms with Crippen molar-refractivity contribution in [3.05, 3.63) is 188 Å². The monoisotopic (exact) mass is 613 g/mol. The highest BCUT2D eigenvalue weighted by Gasteiger charge is 2.27. The van der Waals surface area contributed by atoms with E-state index < -0.39 is 0 Å². The lowest BCUT2D eigenvalue weighted by Crippen LogP contribution is -2.12. The van der Waals surface area contributed by atoms with Gasteiger partial charge >= 0.3 is 0 Å². The van der Waals surface area contributed by atoms with E-state index >= 15 is 0 Å². The van der Waals surface area contributed by atoms with Gasteiger partial charge in [0.15, 0.2) is 5.75 Å². The summed E-state index contributed by atoms with van der Waals surface area (Å²) in [5, 5.41) is 2.32. The number of hydrogen-bond acceptors (Lipinski definition) is 2. The maximum atomic E-state index is 6.89. The molecular weight excluding hydrogens is 583 g/mol. The van der Waals surface area contributed by atoms with Crippen molar-refractivity contribution in [2.75, 3.05) is 4.90 Å². The molecule has 8 aromatic rings. The summed E-state index contributed by atoms with van der Waals surface area (Å²) in [6, 6.07) is 66.7. The molecule has 0 atom stereocenters. The molecule has 1 aliphatic rings. The van der Waals surface area contributed by atoms with Crippen LogP contribution in [-0.4, -0.2) is 0 Å². The molecule has 226 valence electrons. The number of ether oxygens (including phenoxy) is 1. The van der Waals surface area contributed by atoms with Crippen molar-refractivity contribution in [1.82, 2.24) is 0 Å². The van der Waals surface area contributed by atoms with Crippen molar-refractivity contribution in [1.29, 1.82) is 0 Å². The molecule has 1 heterocycles. The first-order valence-electron chi connectivity index (χ1n) is 16.3. The third-order valence-electron chi connectivity index (χ3n) is 9.25. The zero-order chi connectivity index (χ0) is 31.9. The second-order valence-electron chi connectivity index (χ2n) is 12.2. The molecule has 2 nitrogen and oxygen atoms in total. The van der Waals surface area contributed by atoms with Crippen LogP contribution in [0.15, 0.2) is 188 Å². The summed E-state index contributed by atoms with van der Waals surface area (Å²) in [7, 11) is 0. The first kappa shape index (κ1) is 27.9. The molecular formula is C46H31NO. The lowest BCUT2D eigenvalue weighted by Gasteiger charge is -2.31. The lowest BCUT2D eigenvalue weighted by atomic mass is 9.90. The van der Waals surface area contributed by atoms with Gasteiger partial charge in [-0.2, -0.15) is 0 Å². The summed E-state index contributed by atoms with van der Waals surface area (Å²) in [5.74, 6) is 1.72. The average molecular weight is 614 g/mol. The van der Waals surface area contributed by atoms with Crippen LogP contribution in [0.3, 0.4) is 0 Å². The summed E-state index contributed by atoms with van der Waals surface area (Å²) < 4.78 is 6.89. The van der Waals surface area contributed by atoms with Crippen LogP contribution in [0.1, 0.15) is 0 Å². The molecule has 0 radical (unpaired) electrons. The molecule has 0 aromatic heterocycles. The average Bonchev–Trinajstić information content (AvgIpc) is 3.17. The van der Waals surface area contributed by atoms with Gasteiger partial charge in [-0.25, -0.2) is 0 Å². The lowest BCUT2D eigenvalue weighted by molar-refractivity contribution is 0.488. The summed E-state index contributed by atoms with van der Waals surface area (Å²) >= 11 is 0. The van der Waals surface area contributed by atoms with Crippen LogP contribution in [0, 0.1) is 0 Å². The fourth-order valence-electron chi connectivity index (χ4n) is 6.91. The minimum absolute atomic E-state index is 0.849. The first-order chi connectivity index (χ1) is 23.8. The third kappa shape index (κ3) is 4.92. The molecule has 0 N–H and O–H groups in total. The van der Waals surface area contributed by atoms with Gasteiger partial charge < -0.3 is 9.64 Å². The molecule has 9 rings (SSSR count). The molecule has 0 aliphatic carbocycles. The second kappa shape index (κ2) is 11.8. The van der Waals surface area contributed by atoms with Gasteiger partial charge in [-0.1, -0.05) is 140 Å². The van der Waals surface area contributed by atoms with Crippen molar-refractivity contribution in [2.45, 2.75) is 0 Å². The number of anilines is 3. The van der Waals surface area contributed by atoms with Gasteiger partial charge in [0, 0.05) is 22.3 Å². The predicted octanol–water partition coefficient (Wildman–Crippen LogP) is 13.1. The summed E-state index contributed by atoms with van der Waals surface area (Å²) in [4.78, 5) is 2.31. The number of para-hydroxylation sites is 1. The zero-order valence-electron chi connectivity index (χ0n) is 26.3. The Balaban J connectivity index is 1.22. The van der Waals surface area contributed by atoms with Gasteiger partial charge in [0.2, 0.25) is 0 Å². The van der Waals surface area contributed by atoms with Crippen LogP contribution >= 0.6 is 0 Å². The van der Waals surface area contributed by atoms with Crippen molar-refractivity contribution in [3.8, 4) is 56.0 Å². The SMILES string of the molecule is c1ccc(-c2ccc(N(c3ccc(-c4ccccc4)cc3)c3cccc4c3Oc3cccc5cc(-c6ccccc6)cc-4c35)cc2)cc1. The Kier molecular flexibility index (Phi) is 6.84. The summed E-state index contributed by atoms with van der Waals surface area (Å²) in [6.45, 7) is 0. The van der Waals surface area contributed by atoms with E-state index in [0.717, 1.165) is 39.5 Å². The Bertz CT molecular complexity index is 2300. The fraction of sp³-hybridized carbons (Fsp3) is 0. The molecule has 48 heavy (non-hydrogen) atoms. The van der Waals surface area contributed by atoms with E-state index in [9.17, 15) is 0 Å². The molecule has 8 aromatic carbocycles. The number of hydrogen-bond donors (Lipinski definition) is 0. The Morgan fingerprint density at radius 1 is 0.354 bits per heavy atom. The highest BCUT2D eigenvalue weighted by molar-refractivity contribution is 6.08. The van der Waals surface area contributed by atoms with Crippen LogP contribution in [0.25, 0.3) is 55.3 Å². The van der Waals surface area contributed by atoms with Crippen molar-refractivity contribution >= 4 is 27.8 Å². The molecule has 0 bridgehead atoms. The topological polar surface area (TPSA) is 12.5 Å². The number of nitrogens with zero attached hydrogens (tertiary/aromatic N) is 1. The van der Waals surface area contributed by atoms with Crippen molar-refractivity contribution in [2.24, 2.45) is 0 Å². The zero-order valence-corrected chi connectivity index (χ0v) is 26.3. The predicted molar refractivity (Wildman–Crippen MR) is 200 cm³/mol. The highest BCUT2D eigenvalue weighted by atomic mass is 16.5. The van der Waals surface area contributed by atoms with E-state index in [2.05, 4.69) is 193 Å². The molecule has 0 saturated heterocycles. The first-order valence-corrected chi connectivity index (χ1v) is 16.3. The van der Waals surface area contributed by atoms with Gasteiger partial charge in [0.25, 0.3) is 0 Å². The quantitative estimate of drug-likeness (QED) is 0.185. The number of fused-ring (bicyclic) bond motifs is 2. The molecule has 0 saturated carbocycles. The molecule has 1 aliphatic heterocycles. The molecule has 0 unspecified atom stereocenters. The normalized spacial score (nSPS) is 11.5. The molecule has 0 fully saturated rings.